The van der Waals surface area contributed by atoms with E-state index in [1.54, 1.807) is 19.1 Å². The van der Waals surface area contributed by atoms with Crippen molar-refractivity contribution in [3.63, 3.8) is 0 Å². The zero-order chi connectivity index (χ0) is 17.5. The second-order valence-electron chi connectivity index (χ2n) is 4.98. The second kappa shape index (κ2) is 8.16. The number of nitrogens with one attached hydrogen (secondary N) is 2. The molecule has 0 spiro atoms. The molecule has 0 unspecified atom stereocenters. The summed E-state index contributed by atoms with van der Waals surface area (Å²) in [5.74, 6) is -0.443. The Morgan fingerprint density at radius 3 is 2.83 bits per heavy atom. The van der Waals surface area contributed by atoms with E-state index in [-0.39, 0.29) is 30.2 Å². The Hall–Kier alpha value is -2.80. The summed E-state index contributed by atoms with van der Waals surface area (Å²) in [5.41, 5.74) is 2.68. The van der Waals surface area contributed by atoms with Crippen LogP contribution in [0.4, 0.5) is 0 Å². The number of phenolic OH excluding ortho intramolecular Hbond substituents is 1. The Kier molecular flexibility index (Phi) is 5.97. The summed E-state index contributed by atoms with van der Waals surface area (Å²) in [6.07, 6.45) is 1.54. The Labute approximate surface area is 143 Å². The van der Waals surface area contributed by atoms with Crippen molar-refractivity contribution in [2.75, 3.05) is 0 Å². The molecule has 0 saturated heterocycles. The van der Waals surface area contributed by atoms with E-state index in [0.29, 0.717) is 16.5 Å². The van der Waals surface area contributed by atoms with Crippen LogP contribution in [0.1, 0.15) is 29.5 Å². The fourth-order valence-electron chi connectivity index (χ4n) is 1.83. The van der Waals surface area contributed by atoms with E-state index in [1.807, 2.05) is 0 Å². The van der Waals surface area contributed by atoms with Crippen LogP contribution in [0.3, 0.4) is 0 Å². The van der Waals surface area contributed by atoms with E-state index >= 15 is 0 Å². The fourth-order valence-corrected chi connectivity index (χ4v) is 2.00. The number of furan rings is 1. The molecule has 2 rings (SSSR count). The predicted molar refractivity (Wildman–Crippen MR) is 88.9 cm³/mol. The number of carbonyl (C=O) groups excluding carboxylic acids is 2. The van der Waals surface area contributed by atoms with Gasteiger partial charge in [0.05, 0.1) is 24.8 Å². The maximum atomic E-state index is 11.9. The second-order valence-corrected chi connectivity index (χ2v) is 5.42. The number of amides is 2. The van der Waals surface area contributed by atoms with Crippen molar-refractivity contribution in [2.45, 2.75) is 19.9 Å². The van der Waals surface area contributed by atoms with E-state index in [0.717, 1.165) is 0 Å². The third-order valence-corrected chi connectivity index (χ3v) is 3.24. The highest BCUT2D eigenvalue weighted by Gasteiger charge is 2.11. The molecule has 1 heterocycles. The van der Waals surface area contributed by atoms with E-state index in [9.17, 15) is 14.7 Å². The number of aromatic hydroxyl groups is 1. The molecule has 0 aliphatic rings. The van der Waals surface area contributed by atoms with Crippen LogP contribution in [0.2, 0.25) is 5.02 Å². The Bertz CT molecular complexity index is 757. The van der Waals surface area contributed by atoms with Gasteiger partial charge in [-0.1, -0.05) is 11.6 Å². The first-order valence-corrected chi connectivity index (χ1v) is 7.44. The van der Waals surface area contributed by atoms with E-state index < -0.39 is 5.91 Å². The number of benzene rings is 1. The summed E-state index contributed by atoms with van der Waals surface area (Å²) in [7, 11) is 0. The molecule has 2 amide bonds. The summed E-state index contributed by atoms with van der Waals surface area (Å²) in [6, 6.07) is 7.59. The summed E-state index contributed by atoms with van der Waals surface area (Å²) >= 11 is 5.78. The molecule has 0 bridgehead atoms. The van der Waals surface area contributed by atoms with Gasteiger partial charge in [0.1, 0.15) is 11.5 Å². The molecule has 8 heteroatoms. The molecule has 0 aliphatic carbocycles. The molecular formula is C16H16ClN3O4. The van der Waals surface area contributed by atoms with E-state index in [1.165, 1.54) is 24.5 Å². The number of hydrazone groups is 1. The molecule has 2 aromatic rings. The number of phenols is 1. The van der Waals surface area contributed by atoms with Crippen LogP contribution in [-0.4, -0.2) is 22.6 Å². The van der Waals surface area contributed by atoms with Gasteiger partial charge in [0.15, 0.2) is 0 Å². The minimum Gasteiger partial charge on any atom is -0.507 e. The minimum atomic E-state index is -0.620. The topological polar surface area (TPSA) is 104 Å². The average molecular weight is 350 g/mol. The molecule has 1 aromatic carbocycles. The predicted octanol–water partition coefficient (Wildman–Crippen LogP) is 2.45. The maximum absolute atomic E-state index is 11.9. The van der Waals surface area contributed by atoms with Crippen molar-refractivity contribution in [3.05, 3.63) is 52.9 Å². The number of nitrogens with zero attached hydrogens (tertiary/aromatic N) is 1. The zero-order valence-corrected chi connectivity index (χ0v) is 13.6. The van der Waals surface area contributed by atoms with Crippen LogP contribution in [0.15, 0.2) is 46.1 Å². The van der Waals surface area contributed by atoms with E-state index in [2.05, 4.69) is 15.8 Å². The highest BCUT2D eigenvalue weighted by Crippen LogP contribution is 2.21. The van der Waals surface area contributed by atoms with Gasteiger partial charge in [0.2, 0.25) is 5.91 Å². The van der Waals surface area contributed by atoms with Crippen LogP contribution in [0.5, 0.6) is 5.75 Å². The lowest BCUT2D eigenvalue weighted by Gasteiger charge is -2.05. The van der Waals surface area contributed by atoms with Crippen molar-refractivity contribution in [3.8, 4) is 5.75 Å². The number of rotatable bonds is 6. The third kappa shape index (κ3) is 5.13. The first-order valence-electron chi connectivity index (χ1n) is 7.07. The molecule has 7 nitrogen and oxygen atoms in total. The van der Waals surface area contributed by atoms with Crippen LogP contribution >= 0.6 is 11.6 Å². The largest absolute Gasteiger partial charge is 0.507 e. The highest BCUT2D eigenvalue weighted by molar-refractivity contribution is 6.31. The van der Waals surface area contributed by atoms with Crippen molar-refractivity contribution in [2.24, 2.45) is 5.10 Å². The Balaban J connectivity index is 1.85. The van der Waals surface area contributed by atoms with Gasteiger partial charge in [-0.15, -0.1) is 0 Å². The van der Waals surface area contributed by atoms with Crippen molar-refractivity contribution >= 4 is 29.1 Å². The Morgan fingerprint density at radius 2 is 2.12 bits per heavy atom. The van der Waals surface area contributed by atoms with Gasteiger partial charge in [0, 0.05) is 10.7 Å². The van der Waals surface area contributed by atoms with Gasteiger partial charge < -0.3 is 14.8 Å². The summed E-state index contributed by atoms with van der Waals surface area (Å²) in [4.78, 5) is 23.7. The molecule has 3 N–H and O–H groups in total. The zero-order valence-electron chi connectivity index (χ0n) is 12.9. The van der Waals surface area contributed by atoms with Gasteiger partial charge >= 0.3 is 0 Å². The SMILES string of the molecule is C/C(CC(=O)NCc1ccco1)=N\NC(=O)c1cc(Cl)ccc1O. The number of carbonyl (C=O) groups is 2. The molecule has 0 saturated carbocycles. The smallest absolute Gasteiger partial charge is 0.275 e. The molecule has 0 radical (unpaired) electrons. The maximum Gasteiger partial charge on any atom is 0.275 e. The van der Waals surface area contributed by atoms with Crippen molar-refractivity contribution in [1.29, 1.82) is 0 Å². The quantitative estimate of drug-likeness (QED) is 0.550. The number of hydrogen-bond acceptors (Lipinski definition) is 5. The fraction of sp³-hybridized carbons (Fsp3) is 0.188. The molecule has 126 valence electrons. The van der Waals surface area contributed by atoms with Crippen LogP contribution < -0.4 is 10.7 Å². The van der Waals surface area contributed by atoms with Crippen LogP contribution in [0.25, 0.3) is 0 Å². The van der Waals surface area contributed by atoms with Gasteiger partial charge in [-0.3, -0.25) is 9.59 Å². The lowest BCUT2D eigenvalue weighted by Crippen LogP contribution is -2.26. The molecular weight excluding hydrogens is 334 g/mol. The van der Waals surface area contributed by atoms with Gasteiger partial charge in [0.25, 0.3) is 5.91 Å². The standard InChI is InChI=1S/C16H16ClN3O4/c1-10(7-15(22)18-9-12-3-2-6-24-12)19-20-16(23)13-8-11(17)4-5-14(13)21/h2-6,8,21H,7,9H2,1H3,(H,18,22)(H,20,23)/b19-10+. The lowest BCUT2D eigenvalue weighted by atomic mass is 10.2. The molecule has 1 aromatic heterocycles. The van der Waals surface area contributed by atoms with Gasteiger partial charge in [-0.25, -0.2) is 5.43 Å². The Morgan fingerprint density at radius 1 is 1.33 bits per heavy atom. The first-order chi connectivity index (χ1) is 11.5. The molecule has 0 atom stereocenters. The van der Waals surface area contributed by atoms with E-state index in [4.69, 9.17) is 16.0 Å². The highest BCUT2D eigenvalue weighted by atomic mass is 35.5. The summed E-state index contributed by atoms with van der Waals surface area (Å²) < 4.78 is 5.10. The monoisotopic (exact) mass is 349 g/mol. The molecule has 0 aliphatic heterocycles. The average Bonchev–Trinajstić information content (AvgIpc) is 3.06. The third-order valence-electron chi connectivity index (χ3n) is 3.01. The van der Waals surface area contributed by atoms with Gasteiger partial charge in [-0.2, -0.15) is 5.10 Å². The lowest BCUT2D eigenvalue weighted by molar-refractivity contribution is -0.120. The summed E-state index contributed by atoms with van der Waals surface area (Å²) in [6.45, 7) is 1.88. The van der Waals surface area contributed by atoms with Crippen LogP contribution in [-0.2, 0) is 11.3 Å². The molecule has 24 heavy (non-hydrogen) atoms. The normalized spacial score (nSPS) is 11.2. The molecule has 0 fully saturated rings. The summed E-state index contributed by atoms with van der Waals surface area (Å²) in [5, 5.41) is 16.5. The van der Waals surface area contributed by atoms with Crippen molar-refractivity contribution < 1.29 is 19.1 Å². The number of hydrogen-bond donors (Lipinski definition) is 3. The van der Waals surface area contributed by atoms with Crippen molar-refractivity contribution in [1.82, 2.24) is 10.7 Å². The minimum absolute atomic E-state index is 0.00122. The van der Waals surface area contributed by atoms with Crippen LogP contribution in [0, 0.1) is 0 Å². The first kappa shape index (κ1) is 17.6. The van der Waals surface area contributed by atoms with Gasteiger partial charge in [-0.05, 0) is 37.3 Å². The number of halogens is 1.